The molecule has 0 aliphatic carbocycles. The third-order valence-corrected chi connectivity index (χ3v) is 4.41. The summed E-state index contributed by atoms with van der Waals surface area (Å²) in [4.78, 5) is 6.69. The highest BCUT2D eigenvalue weighted by molar-refractivity contribution is 5.47. The molecule has 3 nitrogen and oxygen atoms in total. The van der Waals surface area contributed by atoms with E-state index in [9.17, 15) is 4.39 Å². The van der Waals surface area contributed by atoms with E-state index in [0.717, 1.165) is 36.9 Å². The molecule has 0 radical (unpaired) electrons. The summed E-state index contributed by atoms with van der Waals surface area (Å²) >= 11 is 0. The first-order valence-electron chi connectivity index (χ1n) is 8.07. The summed E-state index contributed by atoms with van der Waals surface area (Å²) in [5, 5.41) is 3.39. The standard InChI is InChI=1S/C17H28FN3/c1-12(2)8-19-9-15-7-16(18)10-20-17(15)21-6-5-13(3)14(4)11-21/h7,10,12-14,19H,5-6,8-9,11H2,1-4H3. The highest BCUT2D eigenvalue weighted by Gasteiger charge is 2.25. The predicted octanol–water partition coefficient (Wildman–Crippen LogP) is 3.45. The van der Waals surface area contributed by atoms with Crippen molar-refractivity contribution in [3.05, 3.63) is 23.6 Å². The van der Waals surface area contributed by atoms with Crippen molar-refractivity contribution in [2.24, 2.45) is 17.8 Å². The molecule has 1 aromatic rings. The summed E-state index contributed by atoms with van der Waals surface area (Å²) in [6.45, 7) is 12.6. The fourth-order valence-electron chi connectivity index (χ4n) is 2.84. The van der Waals surface area contributed by atoms with E-state index in [0.29, 0.717) is 18.4 Å². The van der Waals surface area contributed by atoms with Crippen LogP contribution in [0, 0.1) is 23.6 Å². The van der Waals surface area contributed by atoms with Gasteiger partial charge in [-0.3, -0.25) is 0 Å². The van der Waals surface area contributed by atoms with Gasteiger partial charge >= 0.3 is 0 Å². The zero-order valence-corrected chi connectivity index (χ0v) is 13.7. The van der Waals surface area contributed by atoms with E-state index in [4.69, 9.17) is 0 Å². The highest BCUT2D eigenvalue weighted by atomic mass is 19.1. The highest BCUT2D eigenvalue weighted by Crippen LogP contribution is 2.28. The lowest BCUT2D eigenvalue weighted by Gasteiger charge is -2.37. The molecular formula is C17H28FN3. The molecule has 0 bridgehead atoms. The van der Waals surface area contributed by atoms with Gasteiger partial charge in [-0.1, -0.05) is 27.7 Å². The van der Waals surface area contributed by atoms with Gasteiger partial charge in [-0.05, 0) is 36.8 Å². The van der Waals surface area contributed by atoms with E-state index in [1.165, 1.54) is 12.6 Å². The molecule has 2 heterocycles. The summed E-state index contributed by atoms with van der Waals surface area (Å²) in [6.07, 6.45) is 2.52. The number of halogens is 1. The Morgan fingerprint density at radius 3 is 2.81 bits per heavy atom. The van der Waals surface area contributed by atoms with Crippen LogP contribution in [0.2, 0.25) is 0 Å². The molecule has 0 amide bonds. The Kier molecular flexibility index (Phi) is 5.57. The third-order valence-electron chi connectivity index (χ3n) is 4.41. The van der Waals surface area contributed by atoms with E-state index in [-0.39, 0.29) is 5.82 Å². The van der Waals surface area contributed by atoms with Gasteiger partial charge in [-0.25, -0.2) is 9.37 Å². The Hall–Kier alpha value is -1.16. The van der Waals surface area contributed by atoms with E-state index >= 15 is 0 Å². The number of nitrogens with zero attached hydrogens (tertiary/aromatic N) is 2. The average molecular weight is 293 g/mol. The van der Waals surface area contributed by atoms with Crippen molar-refractivity contribution < 1.29 is 4.39 Å². The normalized spacial score (nSPS) is 22.9. The van der Waals surface area contributed by atoms with Crippen molar-refractivity contribution in [3.63, 3.8) is 0 Å². The maximum absolute atomic E-state index is 13.5. The van der Waals surface area contributed by atoms with Crippen LogP contribution in [0.3, 0.4) is 0 Å². The Morgan fingerprint density at radius 2 is 2.14 bits per heavy atom. The summed E-state index contributed by atoms with van der Waals surface area (Å²) < 4.78 is 13.5. The van der Waals surface area contributed by atoms with Crippen molar-refractivity contribution in [2.45, 2.75) is 40.7 Å². The summed E-state index contributed by atoms with van der Waals surface area (Å²) in [6, 6.07) is 1.62. The second-order valence-electron chi connectivity index (χ2n) is 6.85. The molecule has 1 aliphatic rings. The van der Waals surface area contributed by atoms with Gasteiger partial charge in [0, 0.05) is 25.2 Å². The van der Waals surface area contributed by atoms with Crippen molar-refractivity contribution >= 4 is 5.82 Å². The summed E-state index contributed by atoms with van der Waals surface area (Å²) in [7, 11) is 0. The van der Waals surface area contributed by atoms with Crippen LogP contribution in [0.25, 0.3) is 0 Å². The van der Waals surface area contributed by atoms with Crippen molar-refractivity contribution in [1.29, 1.82) is 0 Å². The zero-order chi connectivity index (χ0) is 15.4. The van der Waals surface area contributed by atoms with E-state index in [1.807, 2.05) is 0 Å². The fourth-order valence-corrected chi connectivity index (χ4v) is 2.84. The third kappa shape index (κ3) is 4.40. The van der Waals surface area contributed by atoms with Gasteiger partial charge in [0.05, 0.1) is 6.20 Å². The Labute approximate surface area is 127 Å². The Balaban J connectivity index is 2.11. The molecule has 2 rings (SSSR count). The quantitative estimate of drug-likeness (QED) is 0.901. The number of aromatic nitrogens is 1. The minimum absolute atomic E-state index is 0.251. The molecule has 1 aliphatic heterocycles. The molecule has 1 aromatic heterocycles. The van der Waals surface area contributed by atoms with Gasteiger partial charge in [0.1, 0.15) is 11.6 Å². The van der Waals surface area contributed by atoms with Gasteiger partial charge in [-0.2, -0.15) is 0 Å². The van der Waals surface area contributed by atoms with Crippen LogP contribution in [0.1, 0.15) is 39.7 Å². The van der Waals surface area contributed by atoms with Crippen molar-refractivity contribution in [2.75, 3.05) is 24.5 Å². The lowest BCUT2D eigenvalue weighted by molar-refractivity contribution is 0.322. The molecule has 0 spiro atoms. The largest absolute Gasteiger partial charge is 0.356 e. The topological polar surface area (TPSA) is 28.2 Å². The van der Waals surface area contributed by atoms with E-state index < -0.39 is 0 Å². The molecule has 0 saturated carbocycles. The number of nitrogens with one attached hydrogen (secondary N) is 1. The molecule has 4 heteroatoms. The Morgan fingerprint density at radius 1 is 1.38 bits per heavy atom. The first kappa shape index (κ1) is 16.2. The monoisotopic (exact) mass is 293 g/mol. The first-order valence-corrected chi connectivity index (χ1v) is 8.07. The first-order chi connectivity index (χ1) is 9.97. The lowest BCUT2D eigenvalue weighted by Crippen LogP contribution is -2.39. The van der Waals surface area contributed by atoms with E-state index in [2.05, 4.69) is 42.9 Å². The van der Waals surface area contributed by atoms with Crippen LogP contribution in [-0.4, -0.2) is 24.6 Å². The molecule has 1 N–H and O–H groups in total. The maximum Gasteiger partial charge on any atom is 0.141 e. The number of rotatable bonds is 5. The summed E-state index contributed by atoms with van der Waals surface area (Å²) in [5.41, 5.74) is 0.970. The molecule has 0 aromatic carbocycles. The van der Waals surface area contributed by atoms with Gasteiger partial charge < -0.3 is 10.2 Å². The van der Waals surface area contributed by atoms with Gasteiger partial charge in [0.15, 0.2) is 0 Å². The minimum atomic E-state index is -0.251. The van der Waals surface area contributed by atoms with Crippen LogP contribution in [0.4, 0.5) is 10.2 Å². The number of hydrogen-bond donors (Lipinski definition) is 1. The number of pyridine rings is 1. The minimum Gasteiger partial charge on any atom is -0.356 e. The molecule has 21 heavy (non-hydrogen) atoms. The van der Waals surface area contributed by atoms with Crippen LogP contribution in [0.5, 0.6) is 0 Å². The number of anilines is 1. The molecular weight excluding hydrogens is 265 g/mol. The molecule has 2 atom stereocenters. The number of piperidine rings is 1. The van der Waals surface area contributed by atoms with E-state index in [1.54, 1.807) is 6.07 Å². The lowest BCUT2D eigenvalue weighted by atomic mass is 9.88. The second-order valence-corrected chi connectivity index (χ2v) is 6.85. The smallest absolute Gasteiger partial charge is 0.141 e. The zero-order valence-electron chi connectivity index (χ0n) is 13.7. The molecule has 118 valence electrons. The second kappa shape index (κ2) is 7.21. The van der Waals surface area contributed by atoms with Crippen LogP contribution >= 0.6 is 0 Å². The molecule has 1 saturated heterocycles. The van der Waals surface area contributed by atoms with Crippen LogP contribution in [0.15, 0.2) is 12.3 Å². The van der Waals surface area contributed by atoms with Crippen molar-refractivity contribution in [1.82, 2.24) is 10.3 Å². The SMILES string of the molecule is CC(C)CNCc1cc(F)cnc1N1CCC(C)C(C)C1. The number of hydrogen-bond acceptors (Lipinski definition) is 3. The predicted molar refractivity (Wildman–Crippen MR) is 85.9 cm³/mol. The van der Waals surface area contributed by atoms with Gasteiger partial charge in [0.25, 0.3) is 0 Å². The van der Waals surface area contributed by atoms with Gasteiger partial charge in [-0.15, -0.1) is 0 Å². The molecule has 1 fully saturated rings. The molecule has 2 unspecified atom stereocenters. The Bertz CT molecular complexity index is 461. The van der Waals surface area contributed by atoms with Crippen molar-refractivity contribution in [3.8, 4) is 0 Å². The fraction of sp³-hybridized carbons (Fsp3) is 0.706. The van der Waals surface area contributed by atoms with Crippen LogP contribution < -0.4 is 10.2 Å². The maximum atomic E-state index is 13.5. The van der Waals surface area contributed by atoms with Crippen LogP contribution in [-0.2, 0) is 6.54 Å². The summed E-state index contributed by atoms with van der Waals surface area (Å²) in [5.74, 6) is 2.70. The average Bonchev–Trinajstić information content (AvgIpc) is 2.42. The van der Waals surface area contributed by atoms with Gasteiger partial charge in [0.2, 0.25) is 0 Å².